The first kappa shape index (κ1) is 54.4. The van der Waals surface area contributed by atoms with E-state index in [1.807, 2.05) is 36.4 Å². The molecule has 0 atom stereocenters. The molecular formula is C78H52IrN7-3. The molecule has 4 aromatic heterocycles. The molecule has 8 heteroatoms. The van der Waals surface area contributed by atoms with Gasteiger partial charge in [0, 0.05) is 38.2 Å². The summed E-state index contributed by atoms with van der Waals surface area (Å²) in [6.07, 6.45) is 10.9. The van der Waals surface area contributed by atoms with Gasteiger partial charge in [-0.15, -0.1) is 33.7 Å². The summed E-state index contributed by atoms with van der Waals surface area (Å²) in [5, 5.41) is 17.0. The summed E-state index contributed by atoms with van der Waals surface area (Å²) in [5.74, 6) is 0. The van der Waals surface area contributed by atoms with E-state index in [-0.39, 0.29) is 20.1 Å². The first-order valence-electron chi connectivity index (χ1n) is 28.3. The maximum Gasteiger partial charge on any atom is 0.268 e. The number of nitrogens with zero attached hydrogens (tertiary/aromatic N) is 7. The first-order valence-corrected chi connectivity index (χ1v) is 28.3. The maximum atomic E-state index is 4.12. The fourth-order valence-electron chi connectivity index (χ4n) is 11.3. The Hall–Kier alpha value is -10.9. The van der Waals surface area contributed by atoms with Crippen molar-refractivity contribution < 1.29 is 29.2 Å². The number of pyridine rings is 1. The van der Waals surface area contributed by atoms with Gasteiger partial charge in [-0.05, 0) is 79.4 Å². The van der Waals surface area contributed by atoms with E-state index in [9.17, 15) is 0 Å². The Morgan fingerprint density at radius 2 is 0.698 bits per heavy atom. The summed E-state index contributed by atoms with van der Waals surface area (Å²) in [6.45, 7) is 0. The summed E-state index contributed by atoms with van der Waals surface area (Å²) in [5.41, 5.74) is 14.7. The largest absolute Gasteiger partial charge is 0.574 e. The monoisotopic (exact) mass is 1280 g/mol. The molecule has 0 aliphatic heterocycles. The van der Waals surface area contributed by atoms with Crippen LogP contribution in [0, 0.1) is 24.8 Å². The number of fused-ring (bicyclic) bond motifs is 4. The number of hydrogen-bond donors (Lipinski definition) is 0. The van der Waals surface area contributed by atoms with E-state index >= 15 is 0 Å². The maximum absolute atomic E-state index is 4.12. The number of benzene rings is 12. The van der Waals surface area contributed by atoms with E-state index in [0.29, 0.717) is 0 Å². The summed E-state index contributed by atoms with van der Waals surface area (Å²) in [4.78, 5) is 4.12. The standard InChI is InChI=1S/2C35H23N2.C8H6N3.Ir/c2*1-3-15-28(16-4-1)34-35(29-17-5-2-6-18-29)37(33-24-12-20-27-14-8-10-22-31(27)33)25-36(34)32-23-11-19-26-13-7-9-21-30(26)32;1-2-5-9-7(3-1)8-4-6-10-11-8;/h2*1-23H;1-6H;/q3*-1;. The number of rotatable bonds is 9. The van der Waals surface area contributed by atoms with E-state index in [1.165, 1.54) is 32.3 Å². The van der Waals surface area contributed by atoms with E-state index in [4.69, 9.17) is 0 Å². The second-order valence-corrected chi connectivity index (χ2v) is 20.4. The van der Waals surface area contributed by atoms with Crippen molar-refractivity contribution >= 4 is 43.1 Å². The SMILES string of the molecule is [Ir].[c-]1ccc2ccccc2c1-n1[c-][n+](-c2cccc3ccccc23)c(-c2ccccc2)c1-c1ccccc1.[c-]1ccc2ccccc2c1-n1[c-][n+](-c2cccc3ccccc23)c(-c2ccccc2)c1-c1ccccc1.c1ccc(-c2ccn[n-]2)nc1. The Morgan fingerprint density at radius 3 is 1.10 bits per heavy atom. The molecular weight excluding hydrogens is 1230 g/mol. The fraction of sp³-hybridized carbons (Fsp3) is 0. The van der Waals surface area contributed by atoms with E-state index in [2.05, 4.69) is 325 Å². The molecule has 0 amide bonds. The second-order valence-electron chi connectivity index (χ2n) is 20.4. The number of imidazole rings is 2. The average Bonchev–Trinajstić information content (AvgIpc) is 1.94. The van der Waals surface area contributed by atoms with Crippen molar-refractivity contribution in [3.8, 4) is 79.2 Å². The van der Waals surface area contributed by atoms with Gasteiger partial charge in [-0.2, -0.15) is 36.4 Å². The molecule has 12 aromatic carbocycles. The van der Waals surface area contributed by atoms with E-state index in [0.717, 1.165) is 89.9 Å². The van der Waals surface area contributed by atoms with Crippen LogP contribution in [-0.4, -0.2) is 19.2 Å². The molecule has 1 radical (unpaired) electrons. The Morgan fingerprint density at radius 1 is 0.326 bits per heavy atom. The van der Waals surface area contributed by atoms with Gasteiger partial charge in [0.25, 0.3) is 12.7 Å². The molecule has 86 heavy (non-hydrogen) atoms. The topological polar surface area (TPSA) is 57.5 Å². The minimum Gasteiger partial charge on any atom is -0.574 e. The predicted octanol–water partition coefficient (Wildman–Crippen LogP) is 17.1. The molecule has 0 aliphatic carbocycles. The molecule has 0 unspecified atom stereocenters. The second kappa shape index (κ2) is 24.9. The van der Waals surface area contributed by atoms with E-state index < -0.39 is 0 Å². The predicted molar refractivity (Wildman–Crippen MR) is 343 cm³/mol. The van der Waals surface area contributed by atoms with Crippen molar-refractivity contribution in [2.24, 2.45) is 0 Å². The molecule has 16 aromatic rings. The molecule has 0 N–H and O–H groups in total. The molecule has 0 bridgehead atoms. The zero-order valence-corrected chi connectivity index (χ0v) is 48.9. The summed E-state index contributed by atoms with van der Waals surface area (Å²) < 4.78 is 8.80. The zero-order chi connectivity index (χ0) is 56.7. The molecule has 0 aliphatic rings. The van der Waals surface area contributed by atoms with Crippen LogP contribution in [0.4, 0.5) is 0 Å². The van der Waals surface area contributed by atoms with Crippen molar-refractivity contribution in [2.45, 2.75) is 0 Å². The van der Waals surface area contributed by atoms with Crippen molar-refractivity contribution in [3.05, 3.63) is 340 Å². The molecule has 4 heterocycles. The van der Waals surface area contributed by atoms with Gasteiger partial charge in [-0.1, -0.05) is 248 Å². The molecule has 0 fully saturated rings. The number of hydrogen-bond acceptors (Lipinski definition) is 2. The molecule has 0 spiro atoms. The van der Waals surface area contributed by atoms with Gasteiger partial charge < -0.3 is 19.3 Å². The van der Waals surface area contributed by atoms with Crippen LogP contribution in [0.15, 0.2) is 316 Å². The molecule has 0 saturated heterocycles. The Balaban J connectivity index is 0.000000134. The minimum atomic E-state index is 0. The quantitative estimate of drug-likeness (QED) is 0.107. The first-order chi connectivity index (χ1) is 42.2. The Bertz CT molecular complexity index is 4350. The van der Waals surface area contributed by atoms with Crippen LogP contribution in [-0.2, 0) is 20.1 Å². The molecule has 411 valence electrons. The van der Waals surface area contributed by atoms with Crippen LogP contribution in [0.1, 0.15) is 0 Å². The van der Waals surface area contributed by atoms with Gasteiger partial charge in [0.05, 0.1) is 34.2 Å². The van der Waals surface area contributed by atoms with Crippen LogP contribution in [0.3, 0.4) is 0 Å². The normalized spacial score (nSPS) is 10.9. The summed E-state index contributed by atoms with van der Waals surface area (Å²) in [7, 11) is 0. The number of aromatic nitrogens is 7. The molecule has 0 saturated carbocycles. The Kier molecular flexibility index (Phi) is 15.7. The fourth-order valence-corrected chi connectivity index (χ4v) is 11.3. The van der Waals surface area contributed by atoms with Gasteiger partial charge in [0.1, 0.15) is 0 Å². The van der Waals surface area contributed by atoms with Crippen molar-refractivity contribution in [3.63, 3.8) is 0 Å². The third-order valence-corrected chi connectivity index (χ3v) is 15.2. The van der Waals surface area contributed by atoms with Gasteiger partial charge in [-0.25, -0.2) is 0 Å². The van der Waals surface area contributed by atoms with Crippen LogP contribution < -0.4 is 14.2 Å². The van der Waals surface area contributed by atoms with Crippen LogP contribution in [0.5, 0.6) is 0 Å². The van der Waals surface area contributed by atoms with Crippen LogP contribution in [0.25, 0.3) is 122 Å². The zero-order valence-electron chi connectivity index (χ0n) is 46.5. The Labute approximate surface area is 513 Å². The third kappa shape index (κ3) is 10.7. The summed E-state index contributed by atoms with van der Waals surface area (Å²) in [6, 6.07) is 112. The van der Waals surface area contributed by atoms with Crippen molar-refractivity contribution in [2.75, 3.05) is 0 Å². The molecule has 16 rings (SSSR count). The molecule has 7 nitrogen and oxygen atoms in total. The summed E-state index contributed by atoms with van der Waals surface area (Å²) >= 11 is 0. The minimum absolute atomic E-state index is 0. The van der Waals surface area contributed by atoms with Gasteiger partial charge in [-0.3, -0.25) is 14.1 Å². The van der Waals surface area contributed by atoms with Gasteiger partial charge in [0.15, 0.2) is 0 Å². The van der Waals surface area contributed by atoms with Crippen molar-refractivity contribution in [1.82, 2.24) is 24.3 Å². The van der Waals surface area contributed by atoms with Gasteiger partial charge in [0.2, 0.25) is 0 Å². The smallest absolute Gasteiger partial charge is 0.268 e. The van der Waals surface area contributed by atoms with Gasteiger partial charge >= 0.3 is 0 Å². The van der Waals surface area contributed by atoms with Crippen LogP contribution >= 0.6 is 0 Å². The average molecular weight is 1280 g/mol. The van der Waals surface area contributed by atoms with Crippen LogP contribution in [0.2, 0.25) is 0 Å². The van der Waals surface area contributed by atoms with Crippen molar-refractivity contribution in [1.29, 1.82) is 0 Å². The third-order valence-electron chi connectivity index (χ3n) is 15.2. The van der Waals surface area contributed by atoms with E-state index in [1.54, 1.807) is 12.4 Å².